The number of nitrogens with zero attached hydrogens (tertiary/aromatic N) is 2. The lowest BCUT2D eigenvalue weighted by atomic mass is 10.3. The second kappa shape index (κ2) is 8.55. The molecule has 1 fully saturated rings. The van der Waals surface area contributed by atoms with Gasteiger partial charge in [-0.2, -0.15) is 0 Å². The molecular weight excluding hydrogens is 343 g/mol. The fourth-order valence-corrected chi connectivity index (χ4v) is 1.18. The zero-order valence-corrected chi connectivity index (χ0v) is 14.0. The Hall–Kier alpha value is -0.530. The van der Waals surface area contributed by atoms with Crippen LogP contribution in [0.1, 0.15) is 33.1 Å². The Morgan fingerprint density at radius 3 is 2.50 bits per heavy atom. The van der Waals surface area contributed by atoms with Crippen LogP contribution >= 0.6 is 24.0 Å². The Morgan fingerprint density at radius 2 is 2.06 bits per heavy atom. The molecule has 0 aromatic carbocycles. The van der Waals surface area contributed by atoms with Crippen molar-refractivity contribution in [2.45, 2.75) is 45.2 Å². The van der Waals surface area contributed by atoms with Gasteiger partial charge in [0.25, 0.3) is 0 Å². The second-order valence-electron chi connectivity index (χ2n) is 4.83. The zero-order valence-electron chi connectivity index (χ0n) is 11.7. The van der Waals surface area contributed by atoms with Gasteiger partial charge in [0.15, 0.2) is 5.96 Å². The molecule has 18 heavy (non-hydrogen) atoms. The lowest BCUT2D eigenvalue weighted by Crippen LogP contribution is -2.43. The van der Waals surface area contributed by atoms with Crippen molar-refractivity contribution in [3.63, 3.8) is 0 Å². The average molecular weight is 368 g/mol. The van der Waals surface area contributed by atoms with Gasteiger partial charge in [0.05, 0.1) is 0 Å². The molecule has 5 nitrogen and oxygen atoms in total. The van der Waals surface area contributed by atoms with Crippen LogP contribution in [0.3, 0.4) is 0 Å². The highest BCUT2D eigenvalue weighted by Crippen LogP contribution is 2.18. The van der Waals surface area contributed by atoms with Crippen LogP contribution in [0.15, 0.2) is 4.99 Å². The number of carbonyl (C=O) groups excluding carboxylic acids is 1. The van der Waals surface area contributed by atoms with Gasteiger partial charge in [-0.25, -0.2) is 4.99 Å². The number of amides is 1. The van der Waals surface area contributed by atoms with Crippen LogP contribution < -0.4 is 10.6 Å². The van der Waals surface area contributed by atoms with Crippen molar-refractivity contribution >= 4 is 35.8 Å². The number of guanidine groups is 1. The lowest BCUT2D eigenvalue weighted by molar-refractivity contribution is -0.127. The smallest absolute Gasteiger partial charge is 0.243 e. The van der Waals surface area contributed by atoms with Crippen LogP contribution in [0.2, 0.25) is 0 Å². The van der Waals surface area contributed by atoms with Crippen molar-refractivity contribution in [3.8, 4) is 0 Å². The summed E-state index contributed by atoms with van der Waals surface area (Å²) in [5.41, 5.74) is 0. The van der Waals surface area contributed by atoms with Crippen molar-refractivity contribution in [2.75, 3.05) is 20.6 Å². The Morgan fingerprint density at radius 1 is 1.44 bits per heavy atom. The summed E-state index contributed by atoms with van der Waals surface area (Å²) < 4.78 is 0. The first kappa shape index (κ1) is 17.5. The van der Waals surface area contributed by atoms with E-state index in [0.717, 1.165) is 12.4 Å². The van der Waals surface area contributed by atoms with Gasteiger partial charge in [0.2, 0.25) is 5.91 Å². The van der Waals surface area contributed by atoms with Crippen molar-refractivity contribution < 1.29 is 4.79 Å². The van der Waals surface area contributed by atoms with Crippen LogP contribution in [0.5, 0.6) is 0 Å². The average Bonchev–Trinajstić information content (AvgIpc) is 3.08. The number of aliphatic imine (C=N–C) groups is 1. The molecule has 1 unspecified atom stereocenters. The van der Waals surface area contributed by atoms with Crippen molar-refractivity contribution in [2.24, 2.45) is 4.99 Å². The zero-order chi connectivity index (χ0) is 12.8. The maximum atomic E-state index is 11.5. The Kier molecular flexibility index (Phi) is 8.30. The SMILES string of the molecule is CCC(C)NC(=NCC(=O)N(C)C)NC1CC1.I. The molecule has 0 aromatic heterocycles. The van der Waals surface area contributed by atoms with Gasteiger partial charge in [-0.05, 0) is 26.2 Å². The summed E-state index contributed by atoms with van der Waals surface area (Å²) in [7, 11) is 3.49. The summed E-state index contributed by atoms with van der Waals surface area (Å²) in [5.74, 6) is 0.781. The highest BCUT2D eigenvalue weighted by atomic mass is 127. The molecule has 0 radical (unpaired) electrons. The van der Waals surface area contributed by atoms with E-state index in [1.165, 1.54) is 12.8 Å². The largest absolute Gasteiger partial charge is 0.354 e. The molecule has 1 rings (SSSR count). The van der Waals surface area contributed by atoms with Crippen LogP contribution in [0.4, 0.5) is 0 Å². The topological polar surface area (TPSA) is 56.7 Å². The molecule has 1 aliphatic carbocycles. The highest BCUT2D eigenvalue weighted by molar-refractivity contribution is 14.0. The van der Waals surface area contributed by atoms with Gasteiger partial charge in [-0.3, -0.25) is 4.79 Å². The molecule has 2 N–H and O–H groups in total. The van der Waals surface area contributed by atoms with E-state index < -0.39 is 0 Å². The molecule has 0 aliphatic heterocycles. The second-order valence-corrected chi connectivity index (χ2v) is 4.83. The fourth-order valence-electron chi connectivity index (χ4n) is 1.18. The minimum atomic E-state index is 0. The number of rotatable bonds is 5. The first-order valence-corrected chi connectivity index (χ1v) is 6.30. The first-order valence-electron chi connectivity index (χ1n) is 6.30. The molecule has 0 heterocycles. The molecule has 6 heteroatoms. The standard InChI is InChI=1S/C12H24N4O.HI/c1-5-9(2)14-12(15-10-6-7-10)13-8-11(17)16(3)4;/h9-10H,5-8H2,1-4H3,(H2,13,14,15);1H. The van der Waals surface area contributed by atoms with Gasteiger partial charge in [0.1, 0.15) is 6.54 Å². The summed E-state index contributed by atoms with van der Waals surface area (Å²) in [6, 6.07) is 0.911. The number of likely N-dealkylation sites (N-methyl/N-ethyl adjacent to an activating group) is 1. The van der Waals surface area contributed by atoms with E-state index in [4.69, 9.17) is 0 Å². The van der Waals surface area contributed by atoms with Crippen LogP contribution in [0.25, 0.3) is 0 Å². The number of nitrogens with one attached hydrogen (secondary N) is 2. The highest BCUT2D eigenvalue weighted by Gasteiger charge is 2.22. The van der Waals surface area contributed by atoms with E-state index in [1.54, 1.807) is 19.0 Å². The molecule has 0 saturated heterocycles. The first-order chi connectivity index (χ1) is 8.02. The van der Waals surface area contributed by atoms with E-state index in [2.05, 4.69) is 29.5 Å². The molecule has 1 aliphatic rings. The Labute approximate surface area is 127 Å². The summed E-state index contributed by atoms with van der Waals surface area (Å²) in [5, 5.41) is 6.62. The molecule has 1 atom stereocenters. The molecule has 1 saturated carbocycles. The molecule has 1 amide bonds. The van der Waals surface area contributed by atoms with Gasteiger partial charge in [-0.1, -0.05) is 6.92 Å². The van der Waals surface area contributed by atoms with Gasteiger partial charge in [-0.15, -0.1) is 24.0 Å². The van der Waals surface area contributed by atoms with E-state index in [9.17, 15) is 4.79 Å². The van der Waals surface area contributed by atoms with Crippen LogP contribution in [0, 0.1) is 0 Å². The van der Waals surface area contributed by atoms with Crippen molar-refractivity contribution in [3.05, 3.63) is 0 Å². The molecular formula is C12H25IN4O. The van der Waals surface area contributed by atoms with E-state index in [1.807, 2.05) is 0 Å². The van der Waals surface area contributed by atoms with Crippen molar-refractivity contribution in [1.82, 2.24) is 15.5 Å². The van der Waals surface area contributed by atoms with E-state index in [-0.39, 0.29) is 36.4 Å². The van der Waals surface area contributed by atoms with E-state index >= 15 is 0 Å². The predicted molar refractivity (Wildman–Crippen MR) is 85.5 cm³/mol. The number of hydrogen-bond acceptors (Lipinski definition) is 2. The van der Waals surface area contributed by atoms with Gasteiger partial charge < -0.3 is 15.5 Å². The maximum absolute atomic E-state index is 11.5. The molecule has 106 valence electrons. The minimum absolute atomic E-state index is 0. The maximum Gasteiger partial charge on any atom is 0.243 e. The molecule has 0 bridgehead atoms. The third-order valence-electron chi connectivity index (χ3n) is 2.78. The van der Waals surface area contributed by atoms with Crippen LogP contribution in [-0.2, 0) is 4.79 Å². The fraction of sp³-hybridized carbons (Fsp3) is 0.833. The summed E-state index contributed by atoms with van der Waals surface area (Å²) in [4.78, 5) is 17.3. The summed E-state index contributed by atoms with van der Waals surface area (Å²) in [6.07, 6.45) is 3.43. The van der Waals surface area contributed by atoms with Crippen molar-refractivity contribution in [1.29, 1.82) is 0 Å². The van der Waals surface area contributed by atoms with Gasteiger partial charge >= 0.3 is 0 Å². The van der Waals surface area contributed by atoms with E-state index in [0.29, 0.717) is 12.1 Å². The predicted octanol–water partition coefficient (Wildman–Crippen LogP) is 1.19. The van der Waals surface area contributed by atoms with Gasteiger partial charge in [0, 0.05) is 26.2 Å². The third kappa shape index (κ3) is 7.03. The number of hydrogen-bond donors (Lipinski definition) is 2. The third-order valence-corrected chi connectivity index (χ3v) is 2.78. The minimum Gasteiger partial charge on any atom is -0.354 e. The number of carbonyl (C=O) groups is 1. The summed E-state index contributed by atoms with van der Waals surface area (Å²) in [6.45, 7) is 4.43. The van der Waals surface area contributed by atoms with Crippen LogP contribution in [-0.4, -0.2) is 49.5 Å². The Balaban J connectivity index is 0.00000289. The molecule has 0 aromatic rings. The normalized spacial score (nSPS) is 16.6. The quantitative estimate of drug-likeness (QED) is 0.436. The monoisotopic (exact) mass is 368 g/mol. The molecule has 0 spiro atoms. The lowest BCUT2D eigenvalue weighted by Gasteiger charge is -2.17. The number of halogens is 1. The summed E-state index contributed by atoms with van der Waals surface area (Å²) >= 11 is 0. The Bertz CT molecular complexity index is 290.